The smallest absolute Gasteiger partial charge is 0.312 e. The fourth-order valence-electron chi connectivity index (χ4n) is 2.95. The molecule has 0 aromatic heterocycles. The predicted octanol–water partition coefficient (Wildman–Crippen LogP) is 2.38. The van der Waals surface area contributed by atoms with Crippen molar-refractivity contribution in [2.24, 2.45) is 16.7 Å². The highest BCUT2D eigenvalue weighted by molar-refractivity contribution is 5.82. The van der Waals surface area contributed by atoms with Crippen LogP contribution in [0.2, 0.25) is 0 Å². The van der Waals surface area contributed by atoms with E-state index in [0.717, 1.165) is 6.42 Å². The molecule has 0 heterocycles. The van der Waals surface area contributed by atoms with Gasteiger partial charge in [-0.3, -0.25) is 4.79 Å². The monoisotopic (exact) mass is 182 g/mol. The summed E-state index contributed by atoms with van der Waals surface area (Å²) in [6, 6.07) is 0. The molecule has 0 N–H and O–H groups in total. The molecule has 0 radical (unpaired) electrons. The summed E-state index contributed by atoms with van der Waals surface area (Å²) in [4.78, 5) is 11.7. The first-order chi connectivity index (χ1) is 6.04. The third-order valence-electron chi connectivity index (χ3n) is 4.16. The summed E-state index contributed by atoms with van der Waals surface area (Å²) in [6.07, 6.45) is 4.76. The van der Waals surface area contributed by atoms with Gasteiger partial charge in [0, 0.05) is 0 Å². The van der Waals surface area contributed by atoms with Gasteiger partial charge in [-0.15, -0.1) is 0 Å². The lowest BCUT2D eigenvalue weighted by Crippen LogP contribution is -2.35. The number of carbonyl (C=O) groups excluding carboxylic acids is 1. The van der Waals surface area contributed by atoms with Crippen LogP contribution in [-0.2, 0) is 9.53 Å². The molecule has 0 aromatic carbocycles. The van der Waals surface area contributed by atoms with Crippen molar-refractivity contribution in [1.29, 1.82) is 0 Å². The molecule has 2 rings (SSSR count). The van der Waals surface area contributed by atoms with Crippen LogP contribution in [-0.4, -0.2) is 13.1 Å². The molecule has 1 atom stereocenters. The molecule has 2 aliphatic rings. The number of carbonyl (C=O) groups is 1. The molecular formula is C11H18O2. The van der Waals surface area contributed by atoms with Crippen molar-refractivity contribution in [3.05, 3.63) is 0 Å². The summed E-state index contributed by atoms with van der Waals surface area (Å²) in [5.74, 6) is 0.636. The van der Waals surface area contributed by atoms with Crippen molar-refractivity contribution in [2.75, 3.05) is 7.11 Å². The van der Waals surface area contributed by atoms with Gasteiger partial charge in [-0.25, -0.2) is 0 Å². The van der Waals surface area contributed by atoms with Crippen LogP contribution in [0.4, 0.5) is 0 Å². The van der Waals surface area contributed by atoms with E-state index in [1.807, 2.05) is 0 Å². The highest BCUT2D eigenvalue weighted by Crippen LogP contribution is 2.71. The second-order valence-electron chi connectivity index (χ2n) is 5.15. The Bertz CT molecular complexity index is 240. The van der Waals surface area contributed by atoms with Crippen LogP contribution in [0.1, 0.15) is 39.5 Å². The lowest BCUT2D eigenvalue weighted by molar-refractivity contribution is -0.153. The van der Waals surface area contributed by atoms with E-state index in [0.29, 0.717) is 5.92 Å². The first-order valence-electron chi connectivity index (χ1n) is 5.13. The van der Waals surface area contributed by atoms with Gasteiger partial charge in [-0.2, -0.15) is 0 Å². The first kappa shape index (κ1) is 9.04. The summed E-state index contributed by atoms with van der Waals surface area (Å²) in [5, 5.41) is 0. The second-order valence-corrected chi connectivity index (χ2v) is 5.15. The van der Waals surface area contributed by atoms with Crippen LogP contribution >= 0.6 is 0 Å². The molecule has 0 spiro atoms. The SMILES string of the molecule is COC(=O)C1(C2CCC2)CC1(C)C. The van der Waals surface area contributed by atoms with Crippen molar-refractivity contribution in [3.8, 4) is 0 Å². The van der Waals surface area contributed by atoms with Crippen molar-refractivity contribution in [3.63, 3.8) is 0 Å². The van der Waals surface area contributed by atoms with Crippen LogP contribution in [0.3, 0.4) is 0 Å². The van der Waals surface area contributed by atoms with E-state index >= 15 is 0 Å². The van der Waals surface area contributed by atoms with Crippen LogP contribution < -0.4 is 0 Å². The molecule has 0 bridgehead atoms. The highest BCUT2D eigenvalue weighted by atomic mass is 16.5. The van der Waals surface area contributed by atoms with E-state index in [-0.39, 0.29) is 16.8 Å². The minimum atomic E-state index is -0.111. The maximum Gasteiger partial charge on any atom is 0.312 e. The maximum absolute atomic E-state index is 11.7. The predicted molar refractivity (Wildman–Crippen MR) is 50.2 cm³/mol. The Morgan fingerprint density at radius 1 is 1.38 bits per heavy atom. The van der Waals surface area contributed by atoms with E-state index in [2.05, 4.69) is 13.8 Å². The molecule has 2 nitrogen and oxygen atoms in total. The Morgan fingerprint density at radius 3 is 2.15 bits per heavy atom. The van der Waals surface area contributed by atoms with E-state index in [9.17, 15) is 4.79 Å². The molecule has 0 saturated heterocycles. The molecular weight excluding hydrogens is 164 g/mol. The number of methoxy groups -OCH3 is 1. The molecule has 0 amide bonds. The van der Waals surface area contributed by atoms with Gasteiger partial charge < -0.3 is 4.74 Å². The summed E-state index contributed by atoms with van der Waals surface area (Å²) in [7, 11) is 1.51. The molecule has 2 fully saturated rings. The fraction of sp³-hybridized carbons (Fsp3) is 0.909. The van der Waals surface area contributed by atoms with Gasteiger partial charge in [0.2, 0.25) is 0 Å². The summed E-state index contributed by atoms with van der Waals surface area (Å²) < 4.78 is 4.93. The van der Waals surface area contributed by atoms with Crippen molar-refractivity contribution >= 4 is 5.97 Å². The zero-order chi connectivity index (χ0) is 9.69. The van der Waals surface area contributed by atoms with Crippen molar-refractivity contribution < 1.29 is 9.53 Å². The Kier molecular flexibility index (Phi) is 1.73. The highest BCUT2D eigenvalue weighted by Gasteiger charge is 2.71. The van der Waals surface area contributed by atoms with Crippen LogP contribution in [0.5, 0.6) is 0 Å². The Morgan fingerprint density at radius 2 is 1.92 bits per heavy atom. The Hall–Kier alpha value is -0.530. The number of ether oxygens (including phenoxy) is 1. The number of hydrogen-bond acceptors (Lipinski definition) is 2. The Labute approximate surface area is 79.7 Å². The summed E-state index contributed by atoms with van der Waals surface area (Å²) in [6.45, 7) is 4.37. The van der Waals surface area contributed by atoms with Crippen LogP contribution in [0.15, 0.2) is 0 Å². The molecule has 2 saturated carbocycles. The minimum Gasteiger partial charge on any atom is -0.469 e. The summed E-state index contributed by atoms with van der Waals surface area (Å²) in [5.41, 5.74) is 0.0746. The lowest BCUT2D eigenvalue weighted by Gasteiger charge is -2.34. The standard InChI is InChI=1S/C11H18O2/c1-10(2)7-11(10,9(12)13-3)8-5-4-6-8/h8H,4-7H2,1-3H3. The molecule has 0 aromatic rings. The average molecular weight is 182 g/mol. The quantitative estimate of drug-likeness (QED) is 0.613. The van der Waals surface area contributed by atoms with E-state index < -0.39 is 0 Å². The number of esters is 1. The third-order valence-corrected chi connectivity index (χ3v) is 4.16. The lowest BCUT2D eigenvalue weighted by atomic mass is 9.70. The molecule has 13 heavy (non-hydrogen) atoms. The van der Waals surface area contributed by atoms with Crippen molar-refractivity contribution in [2.45, 2.75) is 39.5 Å². The van der Waals surface area contributed by atoms with E-state index in [1.165, 1.54) is 26.4 Å². The van der Waals surface area contributed by atoms with Crippen LogP contribution in [0.25, 0.3) is 0 Å². The van der Waals surface area contributed by atoms with Gasteiger partial charge in [0.25, 0.3) is 0 Å². The van der Waals surface area contributed by atoms with E-state index in [1.54, 1.807) is 0 Å². The van der Waals surface area contributed by atoms with Crippen molar-refractivity contribution in [1.82, 2.24) is 0 Å². The van der Waals surface area contributed by atoms with Gasteiger partial charge in [0.05, 0.1) is 12.5 Å². The van der Waals surface area contributed by atoms with Gasteiger partial charge in [-0.1, -0.05) is 20.3 Å². The molecule has 2 aliphatic carbocycles. The zero-order valence-corrected chi connectivity index (χ0v) is 8.72. The minimum absolute atomic E-state index is 0.0298. The molecule has 0 aliphatic heterocycles. The fourth-order valence-corrected chi connectivity index (χ4v) is 2.95. The summed E-state index contributed by atoms with van der Waals surface area (Å²) >= 11 is 0. The van der Waals surface area contributed by atoms with Gasteiger partial charge >= 0.3 is 5.97 Å². The topological polar surface area (TPSA) is 26.3 Å². The molecule has 74 valence electrons. The normalized spacial score (nSPS) is 36.5. The number of rotatable bonds is 2. The zero-order valence-electron chi connectivity index (χ0n) is 8.72. The third kappa shape index (κ3) is 0.976. The molecule has 1 unspecified atom stereocenters. The molecule has 2 heteroatoms. The average Bonchev–Trinajstić information content (AvgIpc) is 2.50. The first-order valence-corrected chi connectivity index (χ1v) is 5.13. The van der Waals surface area contributed by atoms with Gasteiger partial charge in [0.1, 0.15) is 0 Å². The van der Waals surface area contributed by atoms with Gasteiger partial charge in [-0.05, 0) is 30.6 Å². The van der Waals surface area contributed by atoms with E-state index in [4.69, 9.17) is 4.74 Å². The van der Waals surface area contributed by atoms with Crippen LogP contribution in [0, 0.1) is 16.7 Å². The Balaban J connectivity index is 2.19. The largest absolute Gasteiger partial charge is 0.469 e. The van der Waals surface area contributed by atoms with Gasteiger partial charge in [0.15, 0.2) is 0 Å². The number of hydrogen-bond donors (Lipinski definition) is 0. The maximum atomic E-state index is 11.7. The second kappa shape index (κ2) is 2.49.